The van der Waals surface area contributed by atoms with Crippen LogP contribution in [0.2, 0.25) is 5.02 Å². The van der Waals surface area contributed by atoms with Gasteiger partial charge in [0.25, 0.3) is 5.91 Å². The van der Waals surface area contributed by atoms with Gasteiger partial charge in [-0.05, 0) is 18.2 Å². The number of amides is 1. The summed E-state index contributed by atoms with van der Waals surface area (Å²) in [4.78, 5) is 14.3. The number of hydrogen-bond donors (Lipinski definition) is 0. The summed E-state index contributed by atoms with van der Waals surface area (Å²) in [6.07, 6.45) is 1.65. The van der Waals surface area contributed by atoms with Gasteiger partial charge >= 0.3 is 0 Å². The second-order valence-electron chi connectivity index (χ2n) is 5.02. The number of benzene rings is 1. The summed E-state index contributed by atoms with van der Waals surface area (Å²) in [5.74, 6) is -0.101. The fourth-order valence-corrected chi connectivity index (χ4v) is 3.06. The van der Waals surface area contributed by atoms with Crippen LogP contribution in [0.25, 0.3) is 0 Å². The third-order valence-electron chi connectivity index (χ3n) is 3.94. The molecule has 1 amide bonds. The first-order chi connectivity index (χ1) is 9.62. The topological polar surface area (TPSA) is 60.2 Å². The Hall–Kier alpha value is -1.92. The van der Waals surface area contributed by atoms with E-state index in [-0.39, 0.29) is 5.91 Å². The molecule has 102 valence electrons. The smallest absolute Gasteiger partial charge is 0.265 e. The largest absolute Gasteiger partial charge is 0.352 e. The van der Waals surface area contributed by atoms with E-state index in [1.54, 1.807) is 35.0 Å². The van der Waals surface area contributed by atoms with Crippen LogP contribution in [0.5, 0.6) is 0 Å². The van der Waals surface area contributed by atoms with Gasteiger partial charge in [0.2, 0.25) is 0 Å². The molecule has 1 aromatic carbocycles. The maximum Gasteiger partial charge on any atom is 0.265 e. The van der Waals surface area contributed by atoms with Crippen molar-refractivity contribution < 1.29 is 9.53 Å². The third kappa shape index (κ3) is 1.35. The molecule has 2 aliphatic heterocycles. The highest BCUT2D eigenvalue weighted by Gasteiger charge is 2.53. The zero-order valence-corrected chi connectivity index (χ0v) is 11.5. The Bertz CT molecular complexity index is 729. The molecule has 6 nitrogen and oxygen atoms in total. The number of carbonyl (C=O) groups is 1. The summed E-state index contributed by atoms with van der Waals surface area (Å²) in [5, 5.41) is 8.45. The standard InChI is InChI=1S/C13H11ClN4O2/c1-17-11-3-2-8(14)4-10(11)13(12(17)19)7-18-9(6-20-13)5-15-16-18/h2-5H,6-7H2,1H3. The molecule has 7 heteroatoms. The molecular weight excluding hydrogens is 280 g/mol. The highest BCUT2D eigenvalue weighted by Crippen LogP contribution is 2.46. The number of fused-ring (bicyclic) bond motifs is 3. The van der Waals surface area contributed by atoms with E-state index in [2.05, 4.69) is 10.3 Å². The number of ether oxygens (including phenoxy) is 1. The number of carbonyl (C=O) groups excluding carboxylic acids is 1. The van der Waals surface area contributed by atoms with Crippen LogP contribution in [-0.2, 0) is 28.3 Å². The van der Waals surface area contributed by atoms with E-state index in [9.17, 15) is 4.79 Å². The van der Waals surface area contributed by atoms with E-state index in [4.69, 9.17) is 16.3 Å². The van der Waals surface area contributed by atoms with Crippen LogP contribution < -0.4 is 4.90 Å². The lowest BCUT2D eigenvalue weighted by Crippen LogP contribution is -2.47. The molecule has 0 fully saturated rings. The minimum atomic E-state index is -1.05. The van der Waals surface area contributed by atoms with Crippen LogP contribution in [-0.4, -0.2) is 27.9 Å². The molecule has 4 rings (SSSR count). The number of nitrogens with zero attached hydrogens (tertiary/aromatic N) is 4. The molecule has 0 N–H and O–H groups in total. The zero-order valence-electron chi connectivity index (χ0n) is 10.7. The van der Waals surface area contributed by atoms with Crippen LogP contribution in [0.1, 0.15) is 11.3 Å². The lowest BCUT2D eigenvalue weighted by Gasteiger charge is -2.32. The van der Waals surface area contributed by atoms with Crippen molar-refractivity contribution in [3.63, 3.8) is 0 Å². The van der Waals surface area contributed by atoms with Gasteiger partial charge in [-0.25, -0.2) is 4.68 Å². The molecule has 1 unspecified atom stereocenters. The van der Waals surface area contributed by atoms with Crippen molar-refractivity contribution in [1.29, 1.82) is 0 Å². The third-order valence-corrected chi connectivity index (χ3v) is 4.18. The summed E-state index contributed by atoms with van der Waals surface area (Å²) in [7, 11) is 1.74. The van der Waals surface area contributed by atoms with Crippen molar-refractivity contribution in [2.75, 3.05) is 11.9 Å². The summed E-state index contributed by atoms with van der Waals surface area (Å²) in [5.41, 5.74) is 1.43. The van der Waals surface area contributed by atoms with Crippen LogP contribution >= 0.6 is 11.6 Å². The van der Waals surface area contributed by atoms with Gasteiger partial charge in [0.1, 0.15) is 0 Å². The second-order valence-corrected chi connectivity index (χ2v) is 5.46. The summed E-state index contributed by atoms with van der Waals surface area (Å²) >= 11 is 6.08. The van der Waals surface area contributed by atoms with Crippen LogP contribution in [0.15, 0.2) is 24.4 Å². The van der Waals surface area contributed by atoms with E-state index in [1.807, 2.05) is 6.07 Å². The Balaban J connectivity index is 1.91. The molecule has 0 radical (unpaired) electrons. The lowest BCUT2D eigenvalue weighted by atomic mass is 9.94. The van der Waals surface area contributed by atoms with E-state index >= 15 is 0 Å². The van der Waals surface area contributed by atoms with Gasteiger partial charge < -0.3 is 9.64 Å². The SMILES string of the molecule is CN1C(=O)C2(Cn3nncc3CO2)c2cc(Cl)ccc21. The normalized spacial score (nSPS) is 24.1. The van der Waals surface area contributed by atoms with Crippen molar-refractivity contribution in [1.82, 2.24) is 15.0 Å². The molecule has 0 bridgehead atoms. The zero-order chi connectivity index (χ0) is 13.9. The van der Waals surface area contributed by atoms with Gasteiger partial charge in [-0.3, -0.25) is 4.79 Å². The van der Waals surface area contributed by atoms with Gasteiger partial charge in [0, 0.05) is 17.6 Å². The Morgan fingerprint density at radius 1 is 1.45 bits per heavy atom. The van der Waals surface area contributed by atoms with Crippen molar-refractivity contribution in [3.8, 4) is 0 Å². The van der Waals surface area contributed by atoms with Gasteiger partial charge in [-0.1, -0.05) is 16.8 Å². The molecule has 0 aliphatic carbocycles. The number of rotatable bonds is 0. The first-order valence-corrected chi connectivity index (χ1v) is 6.59. The van der Waals surface area contributed by atoms with Crippen molar-refractivity contribution >= 4 is 23.2 Å². The molecule has 2 aromatic rings. The van der Waals surface area contributed by atoms with E-state index in [0.717, 1.165) is 16.9 Å². The fourth-order valence-electron chi connectivity index (χ4n) is 2.89. The number of halogens is 1. The summed E-state index contributed by atoms with van der Waals surface area (Å²) in [6, 6.07) is 5.40. The molecule has 1 atom stereocenters. The Morgan fingerprint density at radius 2 is 2.30 bits per heavy atom. The van der Waals surface area contributed by atoms with E-state index in [1.165, 1.54) is 0 Å². The van der Waals surface area contributed by atoms with E-state index < -0.39 is 5.60 Å². The molecular formula is C13H11ClN4O2. The minimum Gasteiger partial charge on any atom is -0.352 e. The maximum atomic E-state index is 12.7. The van der Waals surface area contributed by atoms with Gasteiger partial charge in [-0.2, -0.15) is 0 Å². The molecule has 1 aromatic heterocycles. The van der Waals surface area contributed by atoms with Gasteiger partial charge in [0.15, 0.2) is 5.60 Å². The highest BCUT2D eigenvalue weighted by atomic mass is 35.5. The van der Waals surface area contributed by atoms with Crippen LogP contribution in [0, 0.1) is 0 Å². The highest BCUT2D eigenvalue weighted by molar-refractivity contribution is 6.31. The van der Waals surface area contributed by atoms with Crippen molar-refractivity contribution in [2.24, 2.45) is 0 Å². The first-order valence-electron chi connectivity index (χ1n) is 6.21. The predicted molar refractivity (Wildman–Crippen MR) is 71.4 cm³/mol. The average molecular weight is 291 g/mol. The Labute approximate surface area is 119 Å². The molecule has 3 heterocycles. The first kappa shape index (κ1) is 11.9. The predicted octanol–water partition coefficient (Wildman–Crippen LogP) is 1.33. The quantitative estimate of drug-likeness (QED) is 0.734. The van der Waals surface area contributed by atoms with Crippen molar-refractivity contribution in [2.45, 2.75) is 18.8 Å². The van der Waals surface area contributed by atoms with Gasteiger partial charge in [-0.15, -0.1) is 5.10 Å². The molecule has 1 spiro atoms. The van der Waals surface area contributed by atoms with Crippen LogP contribution in [0.3, 0.4) is 0 Å². The monoisotopic (exact) mass is 290 g/mol. The number of anilines is 1. The molecule has 2 aliphatic rings. The van der Waals surface area contributed by atoms with Gasteiger partial charge in [0.05, 0.1) is 30.7 Å². The fraction of sp³-hybridized carbons (Fsp3) is 0.308. The number of aromatic nitrogens is 3. The Morgan fingerprint density at radius 3 is 3.15 bits per heavy atom. The molecule has 0 saturated carbocycles. The summed E-state index contributed by atoms with van der Waals surface area (Å²) < 4.78 is 7.64. The van der Waals surface area contributed by atoms with Crippen molar-refractivity contribution in [3.05, 3.63) is 40.7 Å². The molecule has 20 heavy (non-hydrogen) atoms. The Kier molecular flexibility index (Phi) is 2.26. The van der Waals surface area contributed by atoms with E-state index in [0.29, 0.717) is 18.2 Å². The number of hydrogen-bond acceptors (Lipinski definition) is 4. The number of likely N-dealkylation sites (N-methyl/N-ethyl adjacent to an activating group) is 1. The minimum absolute atomic E-state index is 0.101. The molecule has 0 saturated heterocycles. The summed E-state index contributed by atoms with van der Waals surface area (Å²) in [6.45, 7) is 0.622. The van der Waals surface area contributed by atoms with Crippen LogP contribution in [0.4, 0.5) is 5.69 Å². The maximum absolute atomic E-state index is 12.7. The lowest BCUT2D eigenvalue weighted by molar-refractivity contribution is -0.153. The average Bonchev–Trinajstić information content (AvgIpc) is 2.98. The second kappa shape index (κ2) is 3.80.